The molecule has 1 aliphatic rings. The summed E-state index contributed by atoms with van der Waals surface area (Å²) in [5.41, 5.74) is 0.603. The fraction of sp³-hybridized carbons (Fsp3) is 0.562. The standard InChI is InChI=1S/C16H22F2N2O/c1-11(13-5-6-14(17)15(18)9-13)20(2)16(21)8-12-4-3-7-19-10-12/h5-6,9,11-12,19H,3-4,7-8,10H2,1-2H3. The van der Waals surface area contributed by atoms with Gasteiger partial charge in [0.15, 0.2) is 11.6 Å². The number of hydrogen-bond donors (Lipinski definition) is 1. The van der Waals surface area contributed by atoms with Gasteiger partial charge in [-0.25, -0.2) is 8.78 Å². The largest absolute Gasteiger partial charge is 0.339 e. The highest BCUT2D eigenvalue weighted by Crippen LogP contribution is 2.23. The maximum atomic E-state index is 13.3. The summed E-state index contributed by atoms with van der Waals surface area (Å²) in [7, 11) is 1.71. The maximum absolute atomic E-state index is 13.3. The van der Waals surface area contributed by atoms with Crippen molar-refractivity contribution in [2.24, 2.45) is 5.92 Å². The number of nitrogens with zero attached hydrogens (tertiary/aromatic N) is 1. The molecular weight excluding hydrogens is 274 g/mol. The molecule has 0 aromatic heterocycles. The number of benzene rings is 1. The molecule has 0 spiro atoms. The predicted octanol–water partition coefficient (Wildman–Crippen LogP) is 2.87. The number of hydrogen-bond acceptors (Lipinski definition) is 2. The van der Waals surface area contributed by atoms with Gasteiger partial charge in [-0.3, -0.25) is 4.79 Å². The zero-order valence-electron chi connectivity index (χ0n) is 12.5. The first kappa shape index (κ1) is 15.9. The molecule has 1 amide bonds. The summed E-state index contributed by atoms with van der Waals surface area (Å²) in [6.45, 7) is 3.72. The number of nitrogens with one attached hydrogen (secondary N) is 1. The molecule has 0 aliphatic carbocycles. The van der Waals surface area contributed by atoms with E-state index in [1.807, 2.05) is 6.92 Å². The van der Waals surface area contributed by atoms with Crippen LogP contribution >= 0.6 is 0 Å². The van der Waals surface area contributed by atoms with E-state index in [2.05, 4.69) is 5.32 Å². The molecule has 1 aromatic rings. The van der Waals surface area contributed by atoms with Crippen LogP contribution in [0.25, 0.3) is 0 Å². The monoisotopic (exact) mass is 296 g/mol. The van der Waals surface area contributed by atoms with Gasteiger partial charge in [-0.05, 0) is 56.5 Å². The number of halogens is 2. The molecule has 2 rings (SSSR count). The Hall–Kier alpha value is -1.49. The molecule has 21 heavy (non-hydrogen) atoms. The van der Waals surface area contributed by atoms with E-state index >= 15 is 0 Å². The molecule has 0 bridgehead atoms. The predicted molar refractivity (Wildman–Crippen MR) is 77.8 cm³/mol. The molecule has 1 heterocycles. The number of rotatable bonds is 4. The van der Waals surface area contributed by atoms with Crippen molar-refractivity contribution in [2.45, 2.75) is 32.2 Å². The minimum Gasteiger partial charge on any atom is -0.339 e. The molecule has 1 fully saturated rings. The van der Waals surface area contributed by atoms with Crippen molar-refractivity contribution in [1.82, 2.24) is 10.2 Å². The van der Waals surface area contributed by atoms with Gasteiger partial charge in [0.25, 0.3) is 0 Å². The van der Waals surface area contributed by atoms with E-state index in [-0.39, 0.29) is 11.9 Å². The molecule has 1 saturated heterocycles. The summed E-state index contributed by atoms with van der Waals surface area (Å²) in [4.78, 5) is 13.9. The molecule has 5 heteroatoms. The Morgan fingerprint density at radius 1 is 1.43 bits per heavy atom. The molecule has 2 unspecified atom stereocenters. The Balaban J connectivity index is 1.98. The van der Waals surface area contributed by atoms with Crippen LogP contribution in [-0.4, -0.2) is 30.9 Å². The number of piperidine rings is 1. The fourth-order valence-corrected chi connectivity index (χ4v) is 2.70. The van der Waals surface area contributed by atoms with Crippen LogP contribution < -0.4 is 5.32 Å². The molecule has 2 atom stereocenters. The van der Waals surface area contributed by atoms with Crippen LogP contribution in [0, 0.1) is 17.6 Å². The Bertz CT molecular complexity index is 501. The van der Waals surface area contributed by atoms with Crippen molar-refractivity contribution in [3.63, 3.8) is 0 Å². The van der Waals surface area contributed by atoms with E-state index in [0.29, 0.717) is 17.9 Å². The third-order valence-corrected chi connectivity index (χ3v) is 4.26. The van der Waals surface area contributed by atoms with E-state index in [4.69, 9.17) is 0 Å². The van der Waals surface area contributed by atoms with Crippen molar-refractivity contribution < 1.29 is 13.6 Å². The maximum Gasteiger partial charge on any atom is 0.223 e. The smallest absolute Gasteiger partial charge is 0.223 e. The second-order valence-electron chi connectivity index (χ2n) is 5.77. The summed E-state index contributed by atoms with van der Waals surface area (Å²) < 4.78 is 26.3. The van der Waals surface area contributed by atoms with Gasteiger partial charge in [-0.15, -0.1) is 0 Å². The van der Waals surface area contributed by atoms with Crippen LogP contribution in [0.3, 0.4) is 0 Å². The van der Waals surface area contributed by atoms with E-state index in [1.54, 1.807) is 11.9 Å². The first-order valence-electron chi connectivity index (χ1n) is 7.40. The van der Waals surface area contributed by atoms with Gasteiger partial charge < -0.3 is 10.2 Å². The van der Waals surface area contributed by atoms with E-state index in [0.717, 1.165) is 38.1 Å². The van der Waals surface area contributed by atoms with Gasteiger partial charge in [0.1, 0.15) is 0 Å². The van der Waals surface area contributed by atoms with E-state index in [9.17, 15) is 13.6 Å². The second-order valence-corrected chi connectivity index (χ2v) is 5.77. The van der Waals surface area contributed by atoms with Crippen molar-refractivity contribution in [2.75, 3.05) is 20.1 Å². The summed E-state index contributed by atoms with van der Waals surface area (Å²) in [6.07, 6.45) is 2.66. The van der Waals surface area contributed by atoms with Crippen LogP contribution in [0.1, 0.15) is 37.8 Å². The van der Waals surface area contributed by atoms with Crippen LogP contribution in [0.4, 0.5) is 8.78 Å². The van der Waals surface area contributed by atoms with Crippen LogP contribution in [0.15, 0.2) is 18.2 Å². The van der Waals surface area contributed by atoms with Crippen molar-refractivity contribution >= 4 is 5.91 Å². The summed E-state index contributed by atoms with van der Waals surface area (Å²) >= 11 is 0. The Morgan fingerprint density at radius 2 is 2.19 bits per heavy atom. The molecule has 1 aromatic carbocycles. The minimum absolute atomic E-state index is 0.0425. The first-order chi connectivity index (χ1) is 9.99. The van der Waals surface area contributed by atoms with Gasteiger partial charge in [-0.1, -0.05) is 6.07 Å². The Morgan fingerprint density at radius 3 is 2.81 bits per heavy atom. The van der Waals surface area contributed by atoms with Gasteiger partial charge in [0, 0.05) is 13.5 Å². The number of carbonyl (C=O) groups excluding carboxylic acids is 1. The van der Waals surface area contributed by atoms with Crippen molar-refractivity contribution in [1.29, 1.82) is 0 Å². The molecule has 1 aliphatic heterocycles. The van der Waals surface area contributed by atoms with Crippen LogP contribution in [0.5, 0.6) is 0 Å². The molecule has 116 valence electrons. The second kappa shape index (κ2) is 6.98. The molecule has 0 saturated carbocycles. The Labute approximate surface area is 124 Å². The number of amides is 1. The summed E-state index contributed by atoms with van der Waals surface area (Å²) in [6, 6.07) is 3.51. The third-order valence-electron chi connectivity index (χ3n) is 4.26. The van der Waals surface area contributed by atoms with Crippen molar-refractivity contribution in [3.8, 4) is 0 Å². The van der Waals surface area contributed by atoms with Crippen LogP contribution in [-0.2, 0) is 4.79 Å². The van der Waals surface area contributed by atoms with Crippen molar-refractivity contribution in [3.05, 3.63) is 35.4 Å². The molecule has 1 N–H and O–H groups in total. The lowest BCUT2D eigenvalue weighted by atomic mass is 9.95. The van der Waals surface area contributed by atoms with Gasteiger partial charge in [-0.2, -0.15) is 0 Å². The summed E-state index contributed by atoms with van der Waals surface area (Å²) in [5.74, 6) is -1.34. The average Bonchev–Trinajstić information content (AvgIpc) is 2.49. The number of carbonyl (C=O) groups is 1. The average molecular weight is 296 g/mol. The fourth-order valence-electron chi connectivity index (χ4n) is 2.70. The lowest BCUT2D eigenvalue weighted by molar-refractivity contribution is -0.133. The first-order valence-corrected chi connectivity index (χ1v) is 7.40. The highest BCUT2D eigenvalue weighted by atomic mass is 19.2. The van der Waals surface area contributed by atoms with Gasteiger partial charge in [0.05, 0.1) is 6.04 Å². The van der Waals surface area contributed by atoms with E-state index < -0.39 is 11.6 Å². The summed E-state index contributed by atoms with van der Waals surface area (Å²) in [5, 5.41) is 3.29. The quantitative estimate of drug-likeness (QED) is 0.926. The minimum atomic E-state index is -0.878. The highest BCUT2D eigenvalue weighted by Gasteiger charge is 2.23. The Kier molecular flexibility index (Phi) is 5.28. The third kappa shape index (κ3) is 4.00. The highest BCUT2D eigenvalue weighted by molar-refractivity contribution is 5.76. The van der Waals surface area contributed by atoms with Crippen LogP contribution in [0.2, 0.25) is 0 Å². The zero-order chi connectivity index (χ0) is 15.4. The normalized spacial score (nSPS) is 20.1. The molecule has 3 nitrogen and oxygen atoms in total. The van der Waals surface area contributed by atoms with E-state index in [1.165, 1.54) is 6.07 Å². The van der Waals surface area contributed by atoms with Gasteiger partial charge >= 0.3 is 0 Å². The SMILES string of the molecule is CC(c1ccc(F)c(F)c1)N(C)C(=O)CC1CCCNC1. The lowest BCUT2D eigenvalue weighted by Gasteiger charge is -2.29. The molecule has 0 radical (unpaired) electrons. The topological polar surface area (TPSA) is 32.3 Å². The lowest BCUT2D eigenvalue weighted by Crippen LogP contribution is -2.36. The zero-order valence-corrected chi connectivity index (χ0v) is 12.5. The van der Waals surface area contributed by atoms with Gasteiger partial charge in [0.2, 0.25) is 5.91 Å². The molecular formula is C16H22F2N2O.